The Bertz CT molecular complexity index is 2200. The van der Waals surface area contributed by atoms with Crippen molar-refractivity contribution in [3.05, 3.63) is 158 Å². The molecule has 0 nitrogen and oxygen atoms in total. The predicted octanol–water partition coefficient (Wildman–Crippen LogP) is 11.3. The van der Waals surface area contributed by atoms with E-state index in [2.05, 4.69) is 158 Å². The number of fused-ring (bicyclic) bond motifs is 4. The van der Waals surface area contributed by atoms with E-state index in [9.17, 15) is 0 Å². The van der Waals surface area contributed by atoms with Gasteiger partial charge in [-0.05, 0) is 94.7 Å². The number of rotatable bonds is 3. The number of benzene rings is 8. The first-order valence-corrected chi connectivity index (χ1v) is 13.9. The van der Waals surface area contributed by atoms with Crippen LogP contribution in [-0.2, 0) is 0 Å². The standard InChI is InChI=1S/C40H26/c1-2-12-29(13-3-1)39-36-17-9-8-16-32(36)26-38-35(33-20-18-27-10-4-6-14-30(27)24-33)22-23-37(40(38)39)34-21-19-28-11-5-7-15-31(28)25-34/h1-26H. The van der Waals surface area contributed by atoms with Gasteiger partial charge in [0.25, 0.3) is 0 Å². The molecule has 8 aromatic carbocycles. The minimum Gasteiger partial charge on any atom is -0.0622 e. The zero-order valence-corrected chi connectivity index (χ0v) is 22.0. The quantitative estimate of drug-likeness (QED) is 0.209. The van der Waals surface area contributed by atoms with Gasteiger partial charge in [-0.2, -0.15) is 0 Å². The molecule has 0 aliphatic carbocycles. The van der Waals surface area contributed by atoms with E-state index in [-0.39, 0.29) is 0 Å². The predicted molar refractivity (Wildman–Crippen MR) is 173 cm³/mol. The molecule has 0 saturated carbocycles. The lowest BCUT2D eigenvalue weighted by Gasteiger charge is -2.19. The molecule has 0 amide bonds. The van der Waals surface area contributed by atoms with Gasteiger partial charge in [0.05, 0.1) is 0 Å². The van der Waals surface area contributed by atoms with Crippen LogP contribution in [0.25, 0.3) is 76.5 Å². The van der Waals surface area contributed by atoms with Gasteiger partial charge >= 0.3 is 0 Å². The largest absolute Gasteiger partial charge is 0.0622 e. The van der Waals surface area contributed by atoms with Crippen LogP contribution in [0.2, 0.25) is 0 Å². The molecule has 8 aromatic rings. The van der Waals surface area contributed by atoms with Gasteiger partial charge in [-0.3, -0.25) is 0 Å². The highest BCUT2D eigenvalue weighted by atomic mass is 14.2. The lowest BCUT2D eigenvalue weighted by atomic mass is 9.84. The second-order valence-corrected chi connectivity index (χ2v) is 10.5. The minimum atomic E-state index is 1.24. The summed E-state index contributed by atoms with van der Waals surface area (Å²) < 4.78 is 0. The van der Waals surface area contributed by atoms with E-state index in [1.807, 2.05) is 0 Å². The highest BCUT2D eigenvalue weighted by Crippen LogP contribution is 2.45. The van der Waals surface area contributed by atoms with Crippen LogP contribution in [-0.4, -0.2) is 0 Å². The van der Waals surface area contributed by atoms with Crippen molar-refractivity contribution in [2.75, 3.05) is 0 Å². The first-order valence-electron chi connectivity index (χ1n) is 13.9. The minimum absolute atomic E-state index is 1.24. The van der Waals surface area contributed by atoms with E-state index in [1.54, 1.807) is 0 Å². The van der Waals surface area contributed by atoms with Crippen LogP contribution in [0.15, 0.2) is 158 Å². The van der Waals surface area contributed by atoms with Gasteiger partial charge in [-0.25, -0.2) is 0 Å². The first kappa shape index (κ1) is 22.8. The van der Waals surface area contributed by atoms with Gasteiger partial charge in [0, 0.05) is 0 Å². The second kappa shape index (κ2) is 9.22. The third-order valence-electron chi connectivity index (χ3n) is 8.21. The van der Waals surface area contributed by atoms with Crippen LogP contribution in [0.3, 0.4) is 0 Å². The molecule has 186 valence electrons. The van der Waals surface area contributed by atoms with Gasteiger partial charge in [0.2, 0.25) is 0 Å². The summed E-state index contributed by atoms with van der Waals surface area (Å²) in [6, 6.07) is 57.7. The summed E-state index contributed by atoms with van der Waals surface area (Å²) in [7, 11) is 0. The Labute approximate surface area is 233 Å². The van der Waals surface area contributed by atoms with Crippen molar-refractivity contribution in [3.63, 3.8) is 0 Å². The van der Waals surface area contributed by atoms with Crippen molar-refractivity contribution in [3.8, 4) is 33.4 Å². The fourth-order valence-electron chi connectivity index (χ4n) is 6.29. The Morgan fingerprint density at radius 1 is 0.275 bits per heavy atom. The van der Waals surface area contributed by atoms with Gasteiger partial charge in [0.15, 0.2) is 0 Å². The molecular weight excluding hydrogens is 480 g/mol. The zero-order valence-electron chi connectivity index (χ0n) is 22.0. The lowest BCUT2D eigenvalue weighted by Crippen LogP contribution is -1.92. The van der Waals surface area contributed by atoms with Crippen LogP contribution in [0, 0.1) is 0 Å². The number of hydrogen-bond acceptors (Lipinski definition) is 0. The van der Waals surface area contributed by atoms with E-state index in [1.165, 1.54) is 76.5 Å². The fourth-order valence-corrected chi connectivity index (χ4v) is 6.29. The number of hydrogen-bond donors (Lipinski definition) is 0. The Balaban J connectivity index is 1.53. The van der Waals surface area contributed by atoms with Crippen molar-refractivity contribution in [1.29, 1.82) is 0 Å². The summed E-state index contributed by atoms with van der Waals surface area (Å²) >= 11 is 0. The van der Waals surface area contributed by atoms with Crippen LogP contribution in [0.5, 0.6) is 0 Å². The summed E-state index contributed by atoms with van der Waals surface area (Å²) in [6.45, 7) is 0. The third-order valence-corrected chi connectivity index (χ3v) is 8.21. The van der Waals surface area contributed by atoms with E-state index in [0.29, 0.717) is 0 Å². The van der Waals surface area contributed by atoms with Gasteiger partial charge in [-0.15, -0.1) is 0 Å². The topological polar surface area (TPSA) is 0 Å². The highest BCUT2D eigenvalue weighted by molar-refractivity contribution is 6.21. The van der Waals surface area contributed by atoms with Crippen LogP contribution >= 0.6 is 0 Å². The van der Waals surface area contributed by atoms with Gasteiger partial charge in [-0.1, -0.05) is 140 Å². The summed E-state index contributed by atoms with van der Waals surface area (Å²) in [6.07, 6.45) is 0. The molecule has 0 atom stereocenters. The molecule has 0 aliphatic heterocycles. The maximum absolute atomic E-state index is 2.40. The average Bonchev–Trinajstić information content (AvgIpc) is 3.03. The molecular formula is C40H26. The highest BCUT2D eigenvalue weighted by Gasteiger charge is 2.18. The Kier molecular flexibility index (Phi) is 5.24. The fraction of sp³-hybridized carbons (Fsp3) is 0. The van der Waals surface area contributed by atoms with E-state index < -0.39 is 0 Å². The summed E-state index contributed by atoms with van der Waals surface area (Å²) in [5.74, 6) is 0. The molecule has 0 heterocycles. The van der Waals surface area contributed by atoms with Crippen LogP contribution < -0.4 is 0 Å². The molecule has 0 fully saturated rings. The molecule has 0 bridgehead atoms. The maximum Gasteiger partial charge on any atom is -0.00141 e. The average molecular weight is 507 g/mol. The maximum atomic E-state index is 2.40. The van der Waals surface area contributed by atoms with Crippen molar-refractivity contribution in [1.82, 2.24) is 0 Å². The molecule has 0 N–H and O–H groups in total. The third kappa shape index (κ3) is 3.69. The van der Waals surface area contributed by atoms with Gasteiger partial charge < -0.3 is 0 Å². The second-order valence-electron chi connectivity index (χ2n) is 10.5. The zero-order chi connectivity index (χ0) is 26.5. The summed E-state index contributed by atoms with van der Waals surface area (Å²) in [5.41, 5.74) is 7.52. The van der Waals surface area contributed by atoms with E-state index >= 15 is 0 Å². The normalized spacial score (nSPS) is 11.5. The molecule has 40 heavy (non-hydrogen) atoms. The van der Waals surface area contributed by atoms with Crippen molar-refractivity contribution < 1.29 is 0 Å². The molecule has 8 rings (SSSR count). The molecule has 0 unspecified atom stereocenters. The van der Waals surface area contributed by atoms with E-state index in [4.69, 9.17) is 0 Å². The Morgan fingerprint density at radius 3 is 1.48 bits per heavy atom. The molecule has 0 heteroatoms. The van der Waals surface area contributed by atoms with E-state index in [0.717, 1.165) is 0 Å². The van der Waals surface area contributed by atoms with Crippen LogP contribution in [0.1, 0.15) is 0 Å². The summed E-state index contributed by atoms with van der Waals surface area (Å²) in [4.78, 5) is 0. The SMILES string of the molecule is c1ccc(-c2c3ccccc3cc3c(-c4ccc5ccccc5c4)ccc(-c4ccc5ccccc5c4)c23)cc1. The molecule has 0 aliphatic rings. The molecule has 0 saturated heterocycles. The lowest BCUT2D eigenvalue weighted by molar-refractivity contribution is 1.64. The Morgan fingerprint density at radius 2 is 0.800 bits per heavy atom. The first-order chi connectivity index (χ1) is 19.8. The molecule has 0 aromatic heterocycles. The van der Waals surface area contributed by atoms with Crippen molar-refractivity contribution in [2.24, 2.45) is 0 Å². The van der Waals surface area contributed by atoms with Crippen molar-refractivity contribution in [2.45, 2.75) is 0 Å². The summed E-state index contributed by atoms with van der Waals surface area (Å²) in [5, 5.41) is 10.1. The van der Waals surface area contributed by atoms with Crippen molar-refractivity contribution >= 4 is 43.1 Å². The monoisotopic (exact) mass is 506 g/mol. The molecule has 0 spiro atoms. The van der Waals surface area contributed by atoms with Gasteiger partial charge in [0.1, 0.15) is 0 Å². The van der Waals surface area contributed by atoms with Crippen LogP contribution in [0.4, 0.5) is 0 Å². The Hall–Kier alpha value is -5.20. The molecule has 0 radical (unpaired) electrons. The smallest absolute Gasteiger partial charge is 0.00141 e.